The zero-order valence-corrected chi connectivity index (χ0v) is 18.0. The monoisotopic (exact) mass is 406 g/mol. The maximum Gasteiger partial charge on any atom is 0.106 e. The molecule has 5 nitrogen and oxygen atoms in total. The van der Waals surface area contributed by atoms with Crippen molar-refractivity contribution in [2.75, 3.05) is 13.2 Å². The highest BCUT2D eigenvalue weighted by molar-refractivity contribution is 5.01. The number of hydrogen-bond acceptors (Lipinski definition) is 5. The fourth-order valence-corrected chi connectivity index (χ4v) is 3.59. The van der Waals surface area contributed by atoms with Crippen LogP contribution in [0.25, 0.3) is 0 Å². The van der Waals surface area contributed by atoms with Crippen molar-refractivity contribution in [3.8, 4) is 0 Å². The molecule has 5 heteroatoms. The maximum absolute atomic E-state index is 9.28. The van der Waals surface area contributed by atoms with E-state index in [1.165, 1.54) is 0 Å². The summed E-state index contributed by atoms with van der Waals surface area (Å²) < 4.78 is 17.7. The molecule has 0 amide bonds. The van der Waals surface area contributed by atoms with Crippen LogP contribution in [-0.4, -0.2) is 35.6 Å². The van der Waals surface area contributed by atoms with Crippen molar-refractivity contribution in [2.45, 2.75) is 77.4 Å². The van der Waals surface area contributed by atoms with E-state index < -0.39 is 0 Å². The van der Waals surface area contributed by atoms with Gasteiger partial charge in [-0.3, -0.25) is 0 Å². The summed E-state index contributed by atoms with van der Waals surface area (Å²) in [6, 6.07) is 7.82. The van der Waals surface area contributed by atoms with Crippen LogP contribution < -0.4 is 0 Å². The third-order valence-electron chi connectivity index (χ3n) is 5.47. The quantitative estimate of drug-likeness (QED) is 0.410. The minimum absolute atomic E-state index is 0.0715. The van der Waals surface area contributed by atoms with E-state index in [0.29, 0.717) is 11.8 Å². The standard InChI is InChI=1S/C24H38O5/c1-19(17-25)7-3-9-23(15-21-11-5-13-27-21)29-24(10-4-8-20(2)18-26)16-22-12-6-14-28-22/h5-6,11-14,19-20,23-26H,3-4,7-10,15-18H2,1-2H3. The van der Waals surface area contributed by atoms with Crippen molar-refractivity contribution >= 4 is 0 Å². The van der Waals surface area contributed by atoms with Gasteiger partial charge in [0.25, 0.3) is 0 Å². The predicted molar refractivity (Wildman–Crippen MR) is 114 cm³/mol. The van der Waals surface area contributed by atoms with E-state index in [0.717, 1.165) is 62.9 Å². The highest BCUT2D eigenvalue weighted by Crippen LogP contribution is 2.22. The molecule has 4 unspecified atom stereocenters. The van der Waals surface area contributed by atoms with Gasteiger partial charge in [-0.15, -0.1) is 0 Å². The molecule has 2 heterocycles. The Balaban J connectivity index is 1.96. The summed E-state index contributed by atoms with van der Waals surface area (Å²) in [5.74, 6) is 2.52. The van der Waals surface area contributed by atoms with E-state index in [9.17, 15) is 10.2 Å². The molecule has 0 aliphatic heterocycles. The third kappa shape index (κ3) is 9.66. The zero-order valence-electron chi connectivity index (χ0n) is 18.0. The third-order valence-corrected chi connectivity index (χ3v) is 5.47. The first kappa shape index (κ1) is 23.7. The van der Waals surface area contributed by atoms with Gasteiger partial charge in [-0.05, 0) is 61.8 Å². The van der Waals surface area contributed by atoms with Crippen LogP contribution in [0, 0.1) is 11.8 Å². The second-order valence-corrected chi connectivity index (χ2v) is 8.38. The Morgan fingerprint density at radius 3 is 1.55 bits per heavy atom. The number of furan rings is 2. The molecule has 29 heavy (non-hydrogen) atoms. The molecule has 0 fully saturated rings. The van der Waals surface area contributed by atoms with E-state index >= 15 is 0 Å². The van der Waals surface area contributed by atoms with Crippen LogP contribution in [0.5, 0.6) is 0 Å². The summed E-state index contributed by atoms with van der Waals surface area (Å²) in [6.45, 7) is 4.61. The number of aliphatic hydroxyl groups is 2. The molecule has 164 valence electrons. The topological polar surface area (TPSA) is 76.0 Å². The Kier molecular flexibility index (Phi) is 11.1. The van der Waals surface area contributed by atoms with E-state index in [-0.39, 0.29) is 25.4 Å². The first-order valence-corrected chi connectivity index (χ1v) is 11.0. The van der Waals surface area contributed by atoms with Crippen molar-refractivity contribution in [3.63, 3.8) is 0 Å². The van der Waals surface area contributed by atoms with Crippen molar-refractivity contribution < 1.29 is 23.8 Å². The molecular formula is C24H38O5. The number of aliphatic hydroxyl groups excluding tert-OH is 2. The fraction of sp³-hybridized carbons (Fsp3) is 0.667. The van der Waals surface area contributed by atoms with Gasteiger partial charge in [-0.2, -0.15) is 0 Å². The molecule has 2 aromatic heterocycles. The first-order valence-electron chi connectivity index (χ1n) is 11.0. The van der Waals surface area contributed by atoms with Crippen molar-refractivity contribution in [2.24, 2.45) is 11.8 Å². The van der Waals surface area contributed by atoms with E-state index in [2.05, 4.69) is 13.8 Å². The number of ether oxygens (including phenoxy) is 1. The summed E-state index contributed by atoms with van der Waals surface area (Å²) in [7, 11) is 0. The Labute approximate surface area is 175 Å². The highest BCUT2D eigenvalue weighted by Gasteiger charge is 2.20. The summed E-state index contributed by atoms with van der Waals surface area (Å²) in [6.07, 6.45) is 10.9. The van der Waals surface area contributed by atoms with Gasteiger partial charge in [0.1, 0.15) is 11.5 Å². The van der Waals surface area contributed by atoms with Crippen LogP contribution in [0.3, 0.4) is 0 Å². The predicted octanol–water partition coefficient (Wildman–Crippen LogP) is 5.01. The normalized spacial score (nSPS) is 15.9. The molecule has 0 aliphatic carbocycles. The lowest BCUT2D eigenvalue weighted by atomic mass is 9.99. The number of rotatable bonds is 16. The van der Waals surface area contributed by atoms with Crippen LogP contribution >= 0.6 is 0 Å². The van der Waals surface area contributed by atoms with Crippen molar-refractivity contribution in [1.82, 2.24) is 0 Å². The van der Waals surface area contributed by atoms with Gasteiger partial charge in [0.15, 0.2) is 0 Å². The van der Waals surface area contributed by atoms with Crippen LogP contribution in [-0.2, 0) is 17.6 Å². The Morgan fingerprint density at radius 2 is 1.21 bits per heavy atom. The molecule has 0 saturated heterocycles. The average molecular weight is 407 g/mol. The van der Waals surface area contributed by atoms with Gasteiger partial charge in [0.2, 0.25) is 0 Å². The second-order valence-electron chi connectivity index (χ2n) is 8.38. The summed E-state index contributed by atoms with van der Waals surface area (Å²) in [5.41, 5.74) is 0. The Morgan fingerprint density at radius 1 is 0.759 bits per heavy atom. The minimum atomic E-state index is 0.0715. The highest BCUT2D eigenvalue weighted by atomic mass is 16.5. The van der Waals surface area contributed by atoms with Gasteiger partial charge >= 0.3 is 0 Å². The molecule has 2 aromatic rings. The summed E-state index contributed by atoms with van der Waals surface area (Å²) >= 11 is 0. The molecule has 0 aromatic carbocycles. The lowest BCUT2D eigenvalue weighted by Crippen LogP contribution is -2.26. The van der Waals surface area contributed by atoms with Crippen LogP contribution in [0.2, 0.25) is 0 Å². The van der Waals surface area contributed by atoms with Gasteiger partial charge in [0, 0.05) is 26.1 Å². The van der Waals surface area contributed by atoms with Gasteiger partial charge in [-0.1, -0.05) is 26.7 Å². The maximum atomic E-state index is 9.28. The van der Waals surface area contributed by atoms with Crippen molar-refractivity contribution in [1.29, 1.82) is 0 Å². The van der Waals surface area contributed by atoms with E-state index in [4.69, 9.17) is 13.6 Å². The van der Waals surface area contributed by atoms with E-state index in [1.807, 2.05) is 24.3 Å². The SMILES string of the molecule is CC(CO)CCCC(Cc1ccco1)OC(CCCC(C)CO)Cc1ccco1. The van der Waals surface area contributed by atoms with Crippen LogP contribution in [0.15, 0.2) is 45.6 Å². The molecule has 0 radical (unpaired) electrons. The summed E-state index contributed by atoms with van der Waals surface area (Å²) in [5, 5.41) is 18.6. The molecule has 0 aliphatic rings. The van der Waals surface area contributed by atoms with Crippen LogP contribution in [0.4, 0.5) is 0 Å². The average Bonchev–Trinajstić information content (AvgIpc) is 3.41. The lowest BCUT2D eigenvalue weighted by Gasteiger charge is -2.25. The molecule has 0 saturated carbocycles. The number of hydrogen-bond donors (Lipinski definition) is 2. The first-order chi connectivity index (χ1) is 14.1. The van der Waals surface area contributed by atoms with Gasteiger partial charge < -0.3 is 23.8 Å². The molecule has 2 rings (SSSR count). The van der Waals surface area contributed by atoms with Gasteiger partial charge in [0.05, 0.1) is 24.7 Å². The minimum Gasteiger partial charge on any atom is -0.469 e. The largest absolute Gasteiger partial charge is 0.469 e. The molecule has 0 spiro atoms. The molecular weight excluding hydrogens is 368 g/mol. The molecule has 0 bridgehead atoms. The van der Waals surface area contributed by atoms with Crippen LogP contribution in [0.1, 0.15) is 63.9 Å². The lowest BCUT2D eigenvalue weighted by molar-refractivity contribution is -0.0268. The molecule has 2 N–H and O–H groups in total. The zero-order chi connectivity index (χ0) is 20.9. The molecule has 4 atom stereocenters. The van der Waals surface area contributed by atoms with Crippen molar-refractivity contribution in [3.05, 3.63) is 48.3 Å². The second kappa shape index (κ2) is 13.6. The summed E-state index contributed by atoms with van der Waals surface area (Å²) in [4.78, 5) is 0. The van der Waals surface area contributed by atoms with E-state index in [1.54, 1.807) is 12.5 Å². The fourth-order valence-electron chi connectivity index (χ4n) is 3.59. The smallest absolute Gasteiger partial charge is 0.106 e. The Bertz CT molecular complexity index is 553. The van der Waals surface area contributed by atoms with Gasteiger partial charge in [-0.25, -0.2) is 0 Å². The Hall–Kier alpha value is -1.56.